The van der Waals surface area contributed by atoms with E-state index in [4.69, 9.17) is 9.47 Å². The molecule has 6 unspecified atom stereocenters. The predicted molar refractivity (Wildman–Crippen MR) is 56.7 cm³/mol. The Morgan fingerprint density at radius 1 is 1.29 bits per heavy atom. The van der Waals surface area contributed by atoms with Gasteiger partial charge < -0.3 is 19.7 Å². The summed E-state index contributed by atoms with van der Waals surface area (Å²) in [4.78, 5) is 11.9. The molecule has 1 heterocycles. The molecule has 0 amide bonds. The lowest BCUT2D eigenvalue weighted by atomic mass is 9.85. The Labute approximate surface area is 99.0 Å². The third kappa shape index (κ3) is 1.78. The molecule has 3 rings (SSSR count). The van der Waals surface area contributed by atoms with Gasteiger partial charge in [-0.25, -0.2) is 0 Å². The van der Waals surface area contributed by atoms with Crippen LogP contribution in [-0.4, -0.2) is 41.3 Å². The predicted octanol–water partition coefficient (Wildman–Crippen LogP) is -0.180. The quantitative estimate of drug-likeness (QED) is 0.517. The Bertz CT molecular complexity index is 351. The third-order valence-electron chi connectivity index (χ3n) is 4.10. The van der Waals surface area contributed by atoms with E-state index in [1.165, 1.54) is 0 Å². The number of hydrogen-bond acceptors (Lipinski definition) is 5. The second-order valence-corrected chi connectivity index (χ2v) is 5.05. The van der Waals surface area contributed by atoms with Crippen molar-refractivity contribution in [2.45, 2.75) is 31.3 Å². The summed E-state index contributed by atoms with van der Waals surface area (Å²) in [6, 6.07) is 0. The first kappa shape index (κ1) is 11.2. The summed E-state index contributed by atoms with van der Waals surface area (Å²) in [5.41, 5.74) is 0. The molecule has 0 aromatic carbocycles. The van der Waals surface area contributed by atoms with E-state index in [0.29, 0.717) is 19.4 Å². The van der Waals surface area contributed by atoms with Crippen LogP contribution in [0.15, 0.2) is 12.2 Å². The van der Waals surface area contributed by atoms with Crippen molar-refractivity contribution in [1.82, 2.24) is 0 Å². The van der Waals surface area contributed by atoms with E-state index in [-0.39, 0.29) is 23.7 Å². The summed E-state index contributed by atoms with van der Waals surface area (Å²) < 4.78 is 10.3. The topological polar surface area (TPSA) is 76.0 Å². The summed E-state index contributed by atoms with van der Waals surface area (Å²) in [7, 11) is 0. The van der Waals surface area contributed by atoms with Gasteiger partial charge in [0.2, 0.25) is 6.29 Å². The van der Waals surface area contributed by atoms with Gasteiger partial charge in [0.25, 0.3) is 0 Å². The first-order chi connectivity index (χ1) is 8.16. The van der Waals surface area contributed by atoms with Gasteiger partial charge in [0, 0.05) is 5.92 Å². The molecule has 17 heavy (non-hydrogen) atoms. The van der Waals surface area contributed by atoms with Crippen molar-refractivity contribution >= 4 is 5.97 Å². The average Bonchev–Trinajstić information content (AvgIpc) is 2.98. The van der Waals surface area contributed by atoms with Gasteiger partial charge in [-0.15, -0.1) is 0 Å². The number of ether oxygens (including phenoxy) is 2. The monoisotopic (exact) mass is 240 g/mol. The number of aliphatic hydroxyl groups excluding tert-OH is 2. The molecule has 94 valence electrons. The Balaban J connectivity index is 1.62. The summed E-state index contributed by atoms with van der Waals surface area (Å²) >= 11 is 0. The zero-order valence-corrected chi connectivity index (χ0v) is 9.36. The van der Waals surface area contributed by atoms with Crippen LogP contribution in [0.1, 0.15) is 12.8 Å². The van der Waals surface area contributed by atoms with E-state index in [1.807, 2.05) is 0 Å². The molecule has 3 aliphatic rings. The Morgan fingerprint density at radius 3 is 2.71 bits per heavy atom. The van der Waals surface area contributed by atoms with Crippen molar-refractivity contribution in [3.8, 4) is 0 Å². The van der Waals surface area contributed by atoms with E-state index in [9.17, 15) is 15.0 Å². The SMILES string of the molecule is O=C(OC1C=CCO1)C1CC2CC1C(O)C2O. The van der Waals surface area contributed by atoms with Crippen LogP contribution < -0.4 is 0 Å². The van der Waals surface area contributed by atoms with Gasteiger partial charge in [-0.3, -0.25) is 4.79 Å². The molecule has 5 heteroatoms. The first-order valence-electron chi connectivity index (χ1n) is 6.01. The molecule has 0 spiro atoms. The van der Waals surface area contributed by atoms with Crippen molar-refractivity contribution in [3.05, 3.63) is 12.2 Å². The minimum atomic E-state index is -0.786. The highest BCUT2D eigenvalue weighted by atomic mass is 16.7. The second kappa shape index (κ2) is 4.08. The molecule has 0 radical (unpaired) electrons. The van der Waals surface area contributed by atoms with Crippen molar-refractivity contribution in [2.75, 3.05) is 6.61 Å². The van der Waals surface area contributed by atoms with Gasteiger partial charge in [0.05, 0.1) is 24.7 Å². The highest BCUT2D eigenvalue weighted by molar-refractivity contribution is 5.74. The Kier molecular flexibility index (Phi) is 2.69. The van der Waals surface area contributed by atoms with Gasteiger partial charge in [-0.2, -0.15) is 0 Å². The molecule has 0 aromatic rings. The number of hydrogen-bond donors (Lipinski definition) is 2. The molecule has 6 atom stereocenters. The molecule has 0 aromatic heterocycles. The van der Waals surface area contributed by atoms with Crippen LogP contribution in [-0.2, 0) is 14.3 Å². The Hall–Kier alpha value is -0.910. The molecule has 1 aliphatic heterocycles. The Morgan fingerprint density at radius 2 is 2.12 bits per heavy atom. The van der Waals surface area contributed by atoms with Gasteiger partial charge in [0.1, 0.15) is 0 Å². The maximum atomic E-state index is 11.9. The number of esters is 1. The average molecular weight is 240 g/mol. The number of carbonyl (C=O) groups is 1. The normalized spacial score (nSPS) is 47.6. The summed E-state index contributed by atoms with van der Waals surface area (Å²) in [6.45, 7) is 0.468. The highest BCUT2D eigenvalue weighted by Crippen LogP contribution is 2.49. The summed E-state index contributed by atoms with van der Waals surface area (Å²) in [6.07, 6.45) is 2.79. The van der Waals surface area contributed by atoms with E-state index in [0.717, 1.165) is 0 Å². The van der Waals surface area contributed by atoms with Crippen LogP contribution in [0.5, 0.6) is 0 Å². The third-order valence-corrected chi connectivity index (χ3v) is 4.10. The van der Waals surface area contributed by atoms with Gasteiger partial charge in [-0.05, 0) is 24.8 Å². The fraction of sp³-hybridized carbons (Fsp3) is 0.750. The standard InChI is InChI=1S/C12H16O5/c13-10-6-4-7(11(10)14)8(5-6)12(15)17-9-2-1-3-16-9/h1-2,6-11,13-14H,3-5H2. The van der Waals surface area contributed by atoms with E-state index in [2.05, 4.69) is 0 Å². The largest absolute Gasteiger partial charge is 0.432 e. The van der Waals surface area contributed by atoms with Crippen LogP contribution in [0.3, 0.4) is 0 Å². The summed E-state index contributed by atoms with van der Waals surface area (Å²) in [5, 5.41) is 19.4. The zero-order chi connectivity index (χ0) is 12.0. The number of fused-ring (bicyclic) bond motifs is 2. The molecule has 2 bridgehead atoms. The van der Waals surface area contributed by atoms with Crippen molar-refractivity contribution < 1.29 is 24.5 Å². The lowest BCUT2D eigenvalue weighted by Gasteiger charge is -2.28. The minimum absolute atomic E-state index is 0.0348. The molecular formula is C12H16O5. The smallest absolute Gasteiger partial charge is 0.311 e. The molecule has 2 aliphatic carbocycles. The van der Waals surface area contributed by atoms with Crippen LogP contribution in [0, 0.1) is 17.8 Å². The molecule has 2 N–H and O–H groups in total. The highest BCUT2D eigenvalue weighted by Gasteiger charge is 2.54. The van der Waals surface area contributed by atoms with Crippen LogP contribution in [0.25, 0.3) is 0 Å². The van der Waals surface area contributed by atoms with Crippen molar-refractivity contribution in [2.24, 2.45) is 17.8 Å². The van der Waals surface area contributed by atoms with E-state index in [1.54, 1.807) is 12.2 Å². The maximum absolute atomic E-state index is 11.9. The van der Waals surface area contributed by atoms with Crippen LogP contribution in [0.2, 0.25) is 0 Å². The molecule has 2 saturated carbocycles. The van der Waals surface area contributed by atoms with Crippen molar-refractivity contribution in [1.29, 1.82) is 0 Å². The number of rotatable bonds is 2. The second-order valence-electron chi connectivity index (χ2n) is 5.05. The van der Waals surface area contributed by atoms with Gasteiger partial charge in [-0.1, -0.05) is 6.08 Å². The van der Waals surface area contributed by atoms with E-state index >= 15 is 0 Å². The fourth-order valence-electron chi connectivity index (χ4n) is 3.22. The minimum Gasteiger partial charge on any atom is -0.432 e. The zero-order valence-electron chi connectivity index (χ0n) is 9.36. The number of aliphatic hydroxyl groups is 2. The van der Waals surface area contributed by atoms with Crippen LogP contribution in [0.4, 0.5) is 0 Å². The molecular weight excluding hydrogens is 224 g/mol. The van der Waals surface area contributed by atoms with E-state index < -0.39 is 18.5 Å². The van der Waals surface area contributed by atoms with Gasteiger partial charge in [0.15, 0.2) is 0 Å². The molecule has 5 nitrogen and oxygen atoms in total. The molecule has 0 saturated heterocycles. The molecule has 2 fully saturated rings. The lowest BCUT2D eigenvalue weighted by Crippen LogP contribution is -2.40. The first-order valence-corrected chi connectivity index (χ1v) is 6.01. The van der Waals surface area contributed by atoms with Gasteiger partial charge >= 0.3 is 5.97 Å². The lowest BCUT2D eigenvalue weighted by molar-refractivity contribution is -0.174. The fourth-order valence-corrected chi connectivity index (χ4v) is 3.22. The summed E-state index contributed by atoms with van der Waals surface area (Å²) in [5.74, 6) is -0.739. The maximum Gasteiger partial charge on any atom is 0.311 e. The van der Waals surface area contributed by atoms with Crippen LogP contribution >= 0.6 is 0 Å². The number of carbonyl (C=O) groups excluding carboxylic acids is 1. The van der Waals surface area contributed by atoms with Crippen molar-refractivity contribution in [3.63, 3.8) is 0 Å².